The summed E-state index contributed by atoms with van der Waals surface area (Å²) in [4.78, 5) is 45.8. The summed E-state index contributed by atoms with van der Waals surface area (Å²) >= 11 is 1.38. The fourth-order valence-electron chi connectivity index (χ4n) is 3.99. The standard InChI is InChI=1S/C26H28N4O3S/c1-2-14-30(18-19-8-4-3-5-9-19)25(33)20-10-12-21(13-11-20)27-23(31)17-22-24(32)28-26(34-22)29-15-6-7-16-29/h2-5,8-13,22H,1,6-7,14-18H2,(H,27,31). The summed E-state index contributed by atoms with van der Waals surface area (Å²) in [6.45, 7) is 6.51. The molecule has 0 aliphatic carbocycles. The van der Waals surface area contributed by atoms with Gasteiger partial charge in [0.15, 0.2) is 5.17 Å². The van der Waals surface area contributed by atoms with E-state index >= 15 is 0 Å². The molecule has 2 aliphatic heterocycles. The number of aliphatic imine (C=N–C) groups is 1. The number of likely N-dealkylation sites (tertiary alicyclic amines) is 1. The molecule has 1 saturated heterocycles. The van der Waals surface area contributed by atoms with E-state index in [1.165, 1.54) is 11.8 Å². The lowest BCUT2D eigenvalue weighted by atomic mass is 10.1. The zero-order chi connectivity index (χ0) is 23.9. The molecule has 0 radical (unpaired) electrons. The molecule has 0 saturated carbocycles. The second-order valence-corrected chi connectivity index (χ2v) is 9.49. The van der Waals surface area contributed by atoms with Crippen LogP contribution >= 0.6 is 11.8 Å². The van der Waals surface area contributed by atoms with E-state index in [0.29, 0.717) is 24.3 Å². The summed E-state index contributed by atoms with van der Waals surface area (Å²) in [6.07, 6.45) is 3.98. The minimum absolute atomic E-state index is 0.0647. The Morgan fingerprint density at radius 3 is 2.50 bits per heavy atom. The van der Waals surface area contributed by atoms with Crippen LogP contribution in [0.2, 0.25) is 0 Å². The van der Waals surface area contributed by atoms with E-state index < -0.39 is 5.25 Å². The third kappa shape index (κ3) is 5.94. The predicted octanol–water partition coefficient (Wildman–Crippen LogP) is 3.94. The minimum Gasteiger partial charge on any atom is -0.351 e. The number of anilines is 1. The average molecular weight is 477 g/mol. The Hall–Kier alpha value is -3.39. The minimum atomic E-state index is -0.484. The van der Waals surface area contributed by atoms with Crippen LogP contribution in [0.15, 0.2) is 72.2 Å². The van der Waals surface area contributed by atoms with Crippen LogP contribution in [0, 0.1) is 0 Å². The van der Waals surface area contributed by atoms with Crippen molar-refractivity contribution in [1.29, 1.82) is 0 Å². The van der Waals surface area contributed by atoms with Crippen LogP contribution in [0.5, 0.6) is 0 Å². The molecule has 1 fully saturated rings. The number of amides is 3. The second kappa shape index (κ2) is 11.2. The molecule has 1 N–H and O–H groups in total. The molecular formula is C26H28N4O3S. The van der Waals surface area contributed by atoms with Crippen LogP contribution in [0.25, 0.3) is 0 Å². The highest BCUT2D eigenvalue weighted by atomic mass is 32.2. The Balaban J connectivity index is 1.32. The second-order valence-electron chi connectivity index (χ2n) is 8.32. The van der Waals surface area contributed by atoms with Gasteiger partial charge < -0.3 is 15.1 Å². The first-order valence-corrected chi connectivity index (χ1v) is 12.3. The number of hydrogen-bond acceptors (Lipinski definition) is 5. The number of thioether (sulfide) groups is 1. The molecule has 7 nitrogen and oxygen atoms in total. The monoisotopic (exact) mass is 476 g/mol. The van der Waals surface area contributed by atoms with E-state index in [1.807, 2.05) is 30.3 Å². The predicted molar refractivity (Wildman–Crippen MR) is 136 cm³/mol. The number of benzene rings is 2. The molecule has 34 heavy (non-hydrogen) atoms. The van der Waals surface area contributed by atoms with E-state index in [0.717, 1.165) is 36.7 Å². The molecule has 1 atom stereocenters. The van der Waals surface area contributed by atoms with Gasteiger partial charge in [0, 0.05) is 43.9 Å². The lowest BCUT2D eigenvalue weighted by Crippen LogP contribution is -2.30. The van der Waals surface area contributed by atoms with Crippen molar-refractivity contribution in [2.24, 2.45) is 4.99 Å². The van der Waals surface area contributed by atoms with E-state index in [4.69, 9.17) is 0 Å². The van der Waals surface area contributed by atoms with Crippen molar-refractivity contribution in [1.82, 2.24) is 9.80 Å². The smallest absolute Gasteiger partial charge is 0.262 e. The van der Waals surface area contributed by atoms with Crippen molar-refractivity contribution in [3.8, 4) is 0 Å². The fraction of sp³-hybridized carbons (Fsp3) is 0.308. The largest absolute Gasteiger partial charge is 0.351 e. The third-order valence-corrected chi connectivity index (χ3v) is 6.96. The van der Waals surface area contributed by atoms with Gasteiger partial charge in [-0.25, -0.2) is 0 Å². The normalized spacial score (nSPS) is 17.4. The molecule has 176 valence electrons. The van der Waals surface area contributed by atoms with Gasteiger partial charge in [-0.1, -0.05) is 48.2 Å². The zero-order valence-corrected chi connectivity index (χ0v) is 19.8. The molecule has 2 aromatic rings. The molecule has 0 aromatic heterocycles. The lowest BCUT2D eigenvalue weighted by Gasteiger charge is -2.21. The molecular weight excluding hydrogens is 448 g/mol. The van der Waals surface area contributed by atoms with Crippen molar-refractivity contribution in [2.75, 3.05) is 25.0 Å². The van der Waals surface area contributed by atoms with Crippen LogP contribution in [0.4, 0.5) is 5.69 Å². The summed E-state index contributed by atoms with van der Waals surface area (Å²) in [7, 11) is 0. The summed E-state index contributed by atoms with van der Waals surface area (Å²) in [6, 6.07) is 16.6. The Labute approximate surface area is 203 Å². The van der Waals surface area contributed by atoms with Crippen molar-refractivity contribution in [3.05, 3.63) is 78.4 Å². The van der Waals surface area contributed by atoms with Gasteiger partial charge in [0.2, 0.25) is 5.91 Å². The van der Waals surface area contributed by atoms with Gasteiger partial charge in [-0.05, 0) is 42.7 Å². The van der Waals surface area contributed by atoms with Crippen molar-refractivity contribution >= 4 is 40.3 Å². The molecule has 2 aliphatic rings. The Kier molecular flexibility index (Phi) is 7.80. The summed E-state index contributed by atoms with van der Waals surface area (Å²) < 4.78 is 0. The number of amidine groups is 1. The van der Waals surface area contributed by atoms with Crippen molar-refractivity contribution < 1.29 is 14.4 Å². The highest BCUT2D eigenvalue weighted by Gasteiger charge is 2.33. The molecule has 2 aromatic carbocycles. The molecule has 2 heterocycles. The lowest BCUT2D eigenvalue weighted by molar-refractivity contribution is -0.121. The zero-order valence-electron chi connectivity index (χ0n) is 19.0. The Morgan fingerprint density at radius 1 is 1.12 bits per heavy atom. The van der Waals surface area contributed by atoms with Crippen LogP contribution in [-0.4, -0.2) is 57.6 Å². The maximum absolute atomic E-state index is 13.0. The third-order valence-electron chi connectivity index (χ3n) is 5.74. The quantitative estimate of drug-likeness (QED) is 0.584. The molecule has 0 spiro atoms. The van der Waals surface area contributed by atoms with Gasteiger partial charge >= 0.3 is 0 Å². The number of carbonyl (C=O) groups is 3. The molecule has 8 heteroatoms. The van der Waals surface area contributed by atoms with E-state index in [-0.39, 0.29) is 24.1 Å². The average Bonchev–Trinajstić information content (AvgIpc) is 3.50. The summed E-state index contributed by atoms with van der Waals surface area (Å²) in [5.41, 5.74) is 2.15. The number of hydrogen-bond donors (Lipinski definition) is 1. The number of carbonyl (C=O) groups excluding carboxylic acids is 3. The van der Waals surface area contributed by atoms with Crippen molar-refractivity contribution in [3.63, 3.8) is 0 Å². The number of nitrogens with one attached hydrogen (secondary N) is 1. The molecule has 4 rings (SSSR count). The van der Waals surface area contributed by atoms with E-state index in [1.54, 1.807) is 35.2 Å². The number of rotatable bonds is 8. The molecule has 1 unspecified atom stereocenters. The Bertz CT molecular complexity index is 1080. The summed E-state index contributed by atoms with van der Waals surface area (Å²) in [5.74, 6) is -0.606. The van der Waals surface area contributed by atoms with Crippen LogP contribution in [-0.2, 0) is 16.1 Å². The van der Waals surface area contributed by atoms with E-state index in [2.05, 4.69) is 21.8 Å². The SMILES string of the molecule is C=CCN(Cc1ccccc1)C(=O)c1ccc(NC(=O)CC2SC(N3CCCC3)=NC2=O)cc1. The first-order chi connectivity index (χ1) is 16.5. The first-order valence-electron chi connectivity index (χ1n) is 11.4. The molecule has 0 bridgehead atoms. The fourth-order valence-corrected chi connectivity index (χ4v) is 5.11. The number of nitrogens with zero attached hydrogens (tertiary/aromatic N) is 3. The molecule has 3 amide bonds. The highest BCUT2D eigenvalue weighted by molar-refractivity contribution is 8.15. The Morgan fingerprint density at radius 2 is 1.82 bits per heavy atom. The topological polar surface area (TPSA) is 82.1 Å². The van der Waals surface area contributed by atoms with Gasteiger partial charge in [-0.15, -0.1) is 6.58 Å². The van der Waals surface area contributed by atoms with Gasteiger partial charge in [0.1, 0.15) is 5.25 Å². The van der Waals surface area contributed by atoms with Gasteiger partial charge in [-0.2, -0.15) is 4.99 Å². The van der Waals surface area contributed by atoms with Gasteiger partial charge in [-0.3, -0.25) is 14.4 Å². The maximum atomic E-state index is 13.0. The van der Waals surface area contributed by atoms with Gasteiger partial charge in [0.25, 0.3) is 11.8 Å². The van der Waals surface area contributed by atoms with Crippen molar-refractivity contribution in [2.45, 2.75) is 31.1 Å². The highest BCUT2D eigenvalue weighted by Crippen LogP contribution is 2.29. The van der Waals surface area contributed by atoms with Crippen LogP contribution in [0.3, 0.4) is 0 Å². The maximum Gasteiger partial charge on any atom is 0.262 e. The first kappa shape index (κ1) is 23.8. The van der Waals surface area contributed by atoms with Gasteiger partial charge in [0.05, 0.1) is 0 Å². The summed E-state index contributed by atoms with van der Waals surface area (Å²) in [5, 5.41) is 3.08. The van der Waals surface area contributed by atoms with Crippen LogP contribution in [0.1, 0.15) is 35.2 Å². The van der Waals surface area contributed by atoms with E-state index in [9.17, 15) is 14.4 Å². The van der Waals surface area contributed by atoms with Crippen LogP contribution < -0.4 is 5.32 Å².